The van der Waals surface area contributed by atoms with Crippen LogP contribution in [0, 0.1) is 0 Å². The Morgan fingerprint density at radius 2 is 1.19 bits per heavy atom. The van der Waals surface area contributed by atoms with E-state index in [0.717, 1.165) is 33.4 Å². The summed E-state index contributed by atoms with van der Waals surface area (Å²) in [5, 5.41) is 14.0. The predicted molar refractivity (Wildman–Crippen MR) is 277 cm³/mol. The number of nitrogens with two attached hydrogens (primary N) is 3. The Labute approximate surface area is 436 Å². The van der Waals surface area contributed by atoms with E-state index in [4.69, 9.17) is 17.2 Å². The molecule has 0 radical (unpaired) electrons. The van der Waals surface area contributed by atoms with Crippen molar-refractivity contribution in [1.82, 2.24) is 41.3 Å². The highest BCUT2D eigenvalue weighted by Gasteiger charge is 2.46. The molecule has 400 valence electrons. The minimum atomic E-state index is -1.51. The number of nitrogens with zero attached hydrogens (tertiary/aromatic N) is 4. The van der Waals surface area contributed by atoms with Crippen LogP contribution in [0.1, 0.15) is 105 Å². The molecule has 4 aliphatic rings. The lowest BCUT2D eigenvalue weighted by Gasteiger charge is -2.43. The van der Waals surface area contributed by atoms with Gasteiger partial charge in [-0.05, 0) is 71.9 Å². The molecule has 0 aromatic heterocycles. The molecule has 7 atom stereocenters. The van der Waals surface area contributed by atoms with Crippen molar-refractivity contribution in [1.29, 1.82) is 0 Å². The maximum absolute atomic E-state index is 15.6. The summed E-state index contributed by atoms with van der Waals surface area (Å²) >= 11 is 0. The van der Waals surface area contributed by atoms with Crippen molar-refractivity contribution in [2.24, 2.45) is 22.2 Å². The first-order chi connectivity index (χ1) is 36.0. The normalized spacial score (nSPS) is 23.2. The van der Waals surface area contributed by atoms with Gasteiger partial charge in [-0.2, -0.15) is 0 Å². The first-order valence-corrected chi connectivity index (χ1v) is 25.9. The highest BCUT2D eigenvalue weighted by molar-refractivity contribution is 5.99. The molecule has 0 bridgehead atoms. The third-order valence-electron chi connectivity index (χ3n) is 14.5. The van der Waals surface area contributed by atoms with Gasteiger partial charge in [0.2, 0.25) is 53.2 Å². The quantitative estimate of drug-likeness (QED) is 0.0730. The Hall–Kier alpha value is -7.84. The minimum Gasteiger partial charge on any atom is -0.370 e. The number of carbonyl (C=O) groups excluding carboxylic acids is 9. The van der Waals surface area contributed by atoms with E-state index < -0.39 is 102 Å². The standard InChI is InChI=1S/C54H70N12O9/c1-3-4-20-40(60-32(2)67)48(70)63-42-28-46(68)58-23-12-11-21-39(47(55)69)61-49(71)43-25-33-14-5-8-17-36(33)29-64(43)51(73)41(22-13-24-59-54(56)57)62-50(72)44-26-34-15-6-9-18-37(34)30-65(44)53(75)45-27-35-16-7-10-19-38(35)31-66(45)52(42)74/h5-10,14-19,39-45H,3-4,11-13,20-31H2,1-2H3,(H2,55,69)(H,58,68)(H,60,67)(H,61,71)(H,62,72)(H,63,70)(H4,56,57,59)/t39-,40-,41-,42-,43-,44+,45-/m0/s1. The zero-order chi connectivity index (χ0) is 53.8. The van der Waals surface area contributed by atoms with Crippen LogP contribution < -0.4 is 43.8 Å². The number of nitrogens with one attached hydrogen (secondary N) is 5. The highest BCUT2D eigenvalue weighted by Crippen LogP contribution is 2.31. The highest BCUT2D eigenvalue weighted by atomic mass is 16.2. The molecule has 0 saturated carbocycles. The molecule has 21 heteroatoms. The molecule has 3 aromatic rings. The van der Waals surface area contributed by atoms with E-state index in [0.29, 0.717) is 25.7 Å². The molecule has 7 rings (SSSR count). The second-order valence-corrected chi connectivity index (χ2v) is 19.8. The van der Waals surface area contributed by atoms with Gasteiger partial charge >= 0.3 is 0 Å². The van der Waals surface area contributed by atoms with Crippen LogP contribution in [0.4, 0.5) is 0 Å². The number of amides is 9. The Bertz CT molecular complexity index is 2670. The van der Waals surface area contributed by atoms with Crippen LogP contribution in [0.25, 0.3) is 0 Å². The van der Waals surface area contributed by atoms with E-state index in [2.05, 4.69) is 31.6 Å². The van der Waals surface area contributed by atoms with Crippen molar-refractivity contribution >= 4 is 59.1 Å². The first-order valence-electron chi connectivity index (χ1n) is 25.9. The second kappa shape index (κ2) is 25.4. The molecule has 75 heavy (non-hydrogen) atoms. The van der Waals surface area contributed by atoms with Crippen LogP contribution in [-0.2, 0) is 82.0 Å². The minimum absolute atomic E-state index is 0.00316. The summed E-state index contributed by atoms with van der Waals surface area (Å²) in [6.45, 7) is 3.28. The number of rotatable bonds is 11. The van der Waals surface area contributed by atoms with Gasteiger partial charge in [-0.15, -0.1) is 0 Å². The number of hydrogen-bond donors (Lipinski definition) is 8. The maximum Gasteiger partial charge on any atom is 0.246 e. The molecule has 9 amide bonds. The van der Waals surface area contributed by atoms with Crippen LogP contribution in [0.3, 0.4) is 0 Å². The van der Waals surface area contributed by atoms with Gasteiger partial charge in [-0.1, -0.05) is 92.6 Å². The van der Waals surface area contributed by atoms with Crippen LogP contribution in [0.15, 0.2) is 77.8 Å². The first kappa shape index (κ1) is 54.9. The maximum atomic E-state index is 15.6. The molecule has 1 fully saturated rings. The van der Waals surface area contributed by atoms with Gasteiger partial charge in [0.15, 0.2) is 5.96 Å². The fraction of sp³-hybridized carbons (Fsp3) is 0.481. The lowest BCUT2D eigenvalue weighted by Crippen LogP contribution is -2.64. The Morgan fingerprint density at radius 1 is 0.667 bits per heavy atom. The van der Waals surface area contributed by atoms with Crippen LogP contribution in [-0.4, -0.2) is 129 Å². The van der Waals surface area contributed by atoms with Crippen molar-refractivity contribution in [3.8, 4) is 0 Å². The zero-order valence-electron chi connectivity index (χ0n) is 42.7. The molecule has 21 nitrogen and oxygen atoms in total. The predicted octanol–water partition coefficient (Wildman–Crippen LogP) is 0.225. The number of guanidine groups is 1. The van der Waals surface area contributed by atoms with Crippen LogP contribution in [0.2, 0.25) is 0 Å². The molecule has 11 N–H and O–H groups in total. The third kappa shape index (κ3) is 13.9. The summed E-state index contributed by atoms with van der Waals surface area (Å²) in [5.74, 6) is -5.93. The van der Waals surface area contributed by atoms with Gasteiger partial charge in [0.1, 0.15) is 42.3 Å². The van der Waals surface area contributed by atoms with Gasteiger partial charge in [-0.3, -0.25) is 48.1 Å². The molecule has 3 aromatic carbocycles. The Morgan fingerprint density at radius 3 is 1.72 bits per heavy atom. The zero-order valence-corrected chi connectivity index (χ0v) is 42.7. The van der Waals surface area contributed by atoms with Gasteiger partial charge in [0, 0.05) is 58.9 Å². The summed E-state index contributed by atoms with van der Waals surface area (Å²) < 4.78 is 0. The summed E-state index contributed by atoms with van der Waals surface area (Å²) in [7, 11) is 0. The molecule has 4 aliphatic heterocycles. The number of benzene rings is 3. The monoisotopic (exact) mass is 1030 g/mol. The van der Waals surface area contributed by atoms with Crippen molar-refractivity contribution in [2.75, 3.05) is 13.1 Å². The van der Waals surface area contributed by atoms with E-state index in [1.807, 2.05) is 79.7 Å². The number of primary amides is 1. The SMILES string of the molecule is CCCC[C@H](NC(C)=O)C(=O)N[C@H]1CC(=O)NCCCC[C@@H](C(N)=O)NC(=O)[C@@H]2Cc3ccccc3CN2C(=O)[C@H](CCCN=C(N)N)NC(=O)[C@H]2Cc3ccccc3CN2C(=O)[C@@H]2Cc3ccccc3CN2C1=O. The number of fused-ring (bicyclic) bond motifs is 6. The van der Waals surface area contributed by atoms with Crippen molar-refractivity contribution < 1.29 is 43.2 Å². The van der Waals surface area contributed by atoms with Gasteiger partial charge in [0.05, 0.1) is 6.42 Å². The average molecular weight is 1030 g/mol. The summed E-state index contributed by atoms with van der Waals surface area (Å²) in [6, 6.07) is 13.5. The molecule has 0 unspecified atom stereocenters. The summed E-state index contributed by atoms with van der Waals surface area (Å²) in [5.41, 5.74) is 21.8. The number of carbonyl (C=O) groups is 9. The lowest BCUT2D eigenvalue weighted by molar-refractivity contribution is -0.154. The van der Waals surface area contributed by atoms with Gasteiger partial charge in [0.25, 0.3) is 0 Å². The topological polar surface area (TPSA) is 314 Å². The molecule has 4 heterocycles. The van der Waals surface area contributed by atoms with E-state index in [1.165, 1.54) is 21.6 Å². The molecule has 0 aliphatic carbocycles. The third-order valence-corrected chi connectivity index (χ3v) is 14.5. The van der Waals surface area contributed by atoms with Crippen molar-refractivity contribution in [3.63, 3.8) is 0 Å². The summed E-state index contributed by atoms with van der Waals surface area (Å²) in [6.07, 6.45) is 2.14. The lowest BCUT2D eigenvalue weighted by atomic mass is 9.89. The average Bonchev–Trinajstić information content (AvgIpc) is 3.39. The van der Waals surface area contributed by atoms with Gasteiger partial charge in [-0.25, -0.2) is 0 Å². The number of unbranched alkanes of at least 4 members (excludes halogenated alkanes) is 1. The van der Waals surface area contributed by atoms with E-state index >= 15 is 19.2 Å². The fourth-order valence-corrected chi connectivity index (χ4v) is 10.5. The Kier molecular flexibility index (Phi) is 18.6. The molecular weight excluding hydrogens is 961 g/mol. The molecule has 0 spiro atoms. The van der Waals surface area contributed by atoms with Gasteiger partial charge < -0.3 is 58.5 Å². The summed E-state index contributed by atoms with van der Waals surface area (Å²) in [4.78, 5) is 137. The molecule has 1 saturated heterocycles. The van der Waals surface area contributed by atoms with E-state index in [1.54, 1.807) is 0 Å². The smallest absolute Gasteiger partial charge is 0.246 e. The fourth-order valence-electron chi connectivity index (χ4n) is 10.5. The number of hydrogen-bond acceptors (Lipinski definition) is 10. The van der Waals surface area contributed by atoms with Crippen molar-refractivity contribution in [2.45, 2.75) is 153 Å². The second-order valence-electron chi connectivity index (χ2n) is 19.8. The molecular formula is C54H70N12O9. The van der Waals surface area contributed by atoms with Crippen LogP contribution >= 0.6 is 0 Å². The van der Waals surface area contributed by atoms with E-state index in [-0.39, 0.29) is 83.6 Å². The largest absolute Gasteiger partial charge is 0.370 e. The Balaban J connectivity index is 1.31. The number of aliphatic imine (C=N–C) groups is 1. The van der Waals surface area contributed by atoms with Crippen molar-refractivity contribution in [3.05, 3.63) is 106 Å². The van der Waals surface area contributed by atoms with Crippen LogP contribution in [0.5, 0.6) is 0 Å². The van der Waals surface area contributed by atoms with E-state index in [9.17, 15) is 24.0 Å².